The van der Waals surface area contributed by atoms with Gasteiger partial charge in [-0.2, -0.15) is 0 Å². The Morgan fingerprint density at radius 1 is 1.37 bits per heavy atom. The van der Waals surface area contributed by atoms with E-state index in [0.717, 1.165) is 0 Å². The van der Waals surface area contributed by atoms with E-state index in [1.165, 1.54) is 6.07 Å². The van der Waals surface area contributed by atoms with E-state index in [1.807, 2.05) is 6.92 Å². The molecule has 0 aliphatic heterocycles. The fourth-order valence-corrected chi connectivity index (χ4v) is 1.75. The monoisotopic (exact) mass is 265 g/mol. The molecule has 5 nitrogen and oxygen atoms in total. The van der Waals surface area contributed by atoms with Crippen molar-refractivity contribution in [3.63, 3.8) is 0 Å². The molecule has 0 saturated heterocycles. The lowest BCUT2D eigenvalue weighted by molar-refractivity contribution is -0.120. The third-order valence-corrected chi connectivity index (χ3v) is 2.70. The number of carboxylic acids is 1. The maximum atomic E-state index is 11.8. The van der Waals surface area contributed by atoms with Gasteiger partial charge in [0.25, 0.3) is 0 Å². The molecule has 0 fully saturated rings. The van der Waals surface area contributed by atoms with Crippen LogP contribution in [0.25, 0.3) is 0 Å². The molecule has 0 bridgehead atoms. The SMILES string of the molecule is COCC(C)CNC(=O)Cc1ccccc1C(=O)O. The van der Waals surface area contributed by atoms with Gasteiger partial charge in [0.05, 0.1) is 18.6 Å². The molecule has 1 atom stereocenters. The van der Waals surface area contributed by atoms with Crippen LogP contribution in [0.15, 0.2) is 24.3 Å². The van der Waals surface area contributed by atoms with E-state index >= 15 is 0 Å². The van der Waals surface area contributed by atoms with Gasteiger partial charge >= 0.3 is 5.97 Å². The van der Waals surface area contributed by atoms with Crippen LogP contribution in [-0.4, -0.2) is 37.2 Å². The lowest BCUT2D eigenvalue weighted by Gasteiger charge is -2.12. The molecule has 0 radical (unpaired) electrons. The molecule has 1 amide bonds. The van der Waals surface area contributed by atoms with E-state index in [0.29, 0.717) is 18.7 Å². The number of hydrogen-bond donors (Lipinski definition) is 2. The summed E-state index contributed by atoms with van der Waals surface area (Å²) < 4.78 is 4.98. The second-order valence-corrected chi connectivity index (χ2v) is 4.50. The molecule has 5 heteroatoms. The Labute approximate surface area is 112 Å². The van der Waals surface area contributed by atoms with Crippen LogP contribution in [0.3, 0.4) is 0 Å². The molecular formula is C14H19NO4. The molecule has 1 aromatic rings. The number of nitrogens with one attached hydrogen (secondary N) is 1. The first-order valence-corrected chi connectivity index (χ1v) is 6.11. The number of amides is 1. The van der Waals surface area contributed by atoms with Crippen molar-refractivity contribution in [3.8, 4) is 0 Å². The van der Waals surface area contributed by atoms with E-state index in [9.17, 15) is 9.59 Å². The Balaban J connectivity index is 2.55. The quantitative estimate of drug-likeness (QED) is 0.779. The normalized spacial score (nSPS) is 11.9. The van der Waals surface area contributed by atoms with Gasteiger partial charge in [-0.1, -0.05) is 25.1 Å². The number of rotatable bonds is 7. The van der Waals surface area contributed by atoms with Crippen LogP contribution < -0.4 is 5.32 Å². The molecular weight excluding hydrogens is 246 g/mol. The molecule has 1 aromatic carbocycles. The van der Waals surface area contributed by atoms with Crippen LogP contribution in [0, 0.1) is 5.92 Å². The van der Waals surface area contributed by atoms with E-state index in [1.54, 1.807) is 25.3 Å². The second kappa shape index (κ2) is 7.53. The van der Waals surface area contributed by atoms with Crippen molar-refractivity contribution in [1.29, 1.82) is 0 Å². The number of benzene rings is 1. The van der Waals surface area contributed by atoms with Gasteiger partial charge < -0.3 is 15.2 Å². The summed E-state index contributed by atoms with van der Waals surface area (Å²) in [5, 5.41) is 11.8. The van der Waals surface area contributed by atoms with E-state index in [-0.39, 0.29) is 23.8 Å². The minimum atomic E-state index is -1.02. The number of carbonyl (C=O) groups is 2. The lowest BCUT2D eigenvalue weighted by Crippen LogP contribution is -2.31. The Morgan fingerprint density at radius 3 is 2.68 bits per heavy atom. The Kier molecular flexibility index (Phi) is 6.02. The van der Waals surface area contributed by atoms with Gasteiger partial charge in [0.1, 0.15) is 0 Å². The smallest absolute Gasteiger partial charge is 0.335 e. The highest BCUT2D eigenvalue weighted by Crippen LogP contribution is 2.09. The third kappa shape index (κ3) is 5.09. The average Bonchev–Trinajstić information content (AvgIpc) is 2.37. The van der Waals surface area contributed by atoms with Gasteiger partial charge in [-0.25, -0.2) is 4.79 Å². The summed E-state index contributed by atoms with van der Waals surface area (Å²) in [6, 6.07) is 6.52. The van der Waals surface area contributed by atoms with Gasteiger partial charge in [0.15, 0.2) is 0 Å². The van der Waals surface area contributed by atoms with Crippen molar-refractivity contribution in [1.82, 2.24) is 5.32 Å². The molecule has 0 heterocycles. The van der Waals surface area contributed by atoms with Gasteiger partial charge in [-0.3, -0.25) is 4.79 Å². The van der Waals surface area contributed by atoms with E-state index < -0.39 is 5.97 Å². The highest BCUT2D eigenvalue weighted by Gasteiger charge is 2.12. The first-order valence-electron chi connectivity index (χ1n) is 6.11. The number of methoxy groups -OCH3 is 1. The zero-order valence-corrected chi connectivity index (χ0v) is 11.2. The summed E-state index contributed by atoms with van der Waals surface area (Å²) in [4.78, 5) is 22.8. The highest BCUT2D eigenvalue weighted by molar-refractivity contribution is 5.91. The zero-order chi connectivity index (χ0) is 14.3. The molecule has 0 aliphatic carbocycles. The van der Waals surface area contributed by atoms with Gasteiger partial charge in [-0.15, -0.1) is 0 Å². The van der Waals surface area contributed by atoms with Crippen LogP contribution in [0.5, 0.6) is 0 Å². The number of ether oxygens (including phenoxy) is 1. The molecule has 2 N–H and O–H groups in total. The minimum absolute atomic E-state index is 0.0716. The van der Waals surface area contributed by atoms with Crippen molar-refractivity contribution in [2.75, 3.05) is 20.3 Å². The number of carboxylic acid groups (broad SMARTS) is 1. The predicted molar refractivity (Wildman–Crippen MR) is 71.2 cm³/mol. The van der Waals surface area contributed by atoms with Crippen LogP contribution in [0.4, 0.5) is 0 Å². The molecule has 0 aromatic heterocycles. The maximum absolute atomic E-state index is 11.8. The number of hydrogen-bond acceptors (Lipinski definition) is 3. The molecule has 104 valence electrons. The average molecular weight is 265 g/mol. The fraction of sp³-hybridized carbons (Fsp3) is 0.429. The van der Waals surface area contributed by atoms with Crippen LogP contribution >= 0.6 is 0 Å². The summed E-state index contributed by atoms with van der Waals surface area (Å²) >= 11 is 0. The molecule has 0 saturated carbocycles. The van der Waals surface area contributed by atoms with Crippen LogP contribution in [0.2, 0.25) is 0 Å². The van der Waals surface area contributed by atoms with Crippen molar-refractivity contribution in [2.45, 2.75) is 13.3 Å². The standard InChI is InChI=1S/C14H19NO4/c1-10(9-19-2)8-15-13(16)7-11-5-3-4-6-12(11)14(17)18/h3-6,10H,7-9H2,1-2H3,(H,15,16)(H,17,18). The van der Waals surface area contributed by atoms with Crippen molar-refractivity contribution < 1.29 is 19.4 Å². The van der Waals surface area contributed by atoms with Gasteiger partial charge in [0.2, 0.25) is 5.91 Å². The first kappa shape index (κ1) is 15.2. The molecule has 0 aliphatic rings. The summed E-state index contributed by atoms with van der Waals surface area (Å²) in [5.74, 6) is -0.975. The van der Waals surface area contributed by atoms with Gasteiger partial charge in [-0.05, 0) is 17.5 Å². The van der Waals surface area contributed by atoms with E-state index in [2.05, 4.69) is 5.32 Å². The molecule has 19 heavy (non-hydrogen) atoms. The minimum Gasteiger partial charge on any atom is -0.478 e. The Bertz CT molecular complexity index is 445. The summed E-state index contributed by atoms with van der Waals surface area (Å²) in [7, 11) is 1.61. The number of carbonyl (C=O) groups excluding carboxylic acids is 1. The zero-order valence-electron chi connectivity index (χ0n) is 11.2. The lowest BCUT2D eigenvalue weighted by atomic mass is 10.0. The highest BCUT2D eigenvalue weighted by atomic mass is 16.5. The Hall–Kier alpha value is -1.88. The van der Waals surface area contributed by atoms with Crippen molar-refractivity contribution in [2.24, 2.45) is 5.92 Å². The summed E-state index contributed by atoms with van der Waals surface area (Å²) in [6.45, 7) is 3.06. The number of aromatic carboxylic acids is 1. The maximum Gasteiger partial charge on any atom is 0.335 e. The molecule has 0 spiro atoms. The molecule has 1 rings (SSSR count). The molecule has 1 unspecified atom stereocenters. The predicted octanol–water partition coefficient (Wildman–Crippen LogP) is 1.33. The third-order valence-electron chi connectivity index (χ3n) is 2.70. The Morgan fingerprint density at radius 2 is 2.05 bits per heavy atom. The van der Waals surface area contributed by atoms with Crippen LogP contribution in [0.1, 0.15) is 22.8 Å². The summed E-state index contributed by atoms with van der Waals surface area (Å²) in [6.07, 6.45) is 0.0716. The fourth-order valence-electron chi connectivity index (χ4n) is 1.75. The second-order valence-electron chi connectivity index (χ2n) is 4.50. The van der Waals surface area contributed by atoms with Gasteiger partial charge in [0, 0.05) is 13.7 Å². The largest absolute Gasteiger partial charge is 0.478 e. The van der Waals surface area contributed by atoms with Crippen molar-refractivity contribution >= 4 is 11.9 Å². The van der Waals surface area contributed by atoms with Crippen LogP contribution in [-0.2, 0) is 16.0 Å². The van der Waals surface area contributed by atoms with Crippen molar-refractivity contribution in [3.05, 3.63) is 35.4 Å². The topological polar surface area (TPSA) is 75.6 Å². The summed E-state index contributed by atoms with van der Waals surface area (Å²) in [5.41, 5.74) is 0.689. The van der Waals surface area contributed by atoms with E-state index in [4.69, 9.17) is 9.84 Å². The first-order chi connectivity index (χ1) is 9.04.